The first-order valence-corrected chi connectivity index (χ1v) is 30.2. The van der Waals surface area contributed by atoms with Crippen molar-refractivity contribution >= 4 is 65.0 Å². The fourth-order valence-electron chi connectivity index (χ4n) is 10.6. The Morgan fingerprint density at radius 3 is 1.42 bits per heavy atom. The molecule has 11 amide bonds. The number of carbonyl (C=O) groups excluding carboxylic acids is 11. The molecule has 1 heterocycles. The van der Waals surface area contributed by atoms with E-state index in [-0.39, 0.29) is 49.9 Å². The van der Waals surface area contributed by atoms with E-state index in [2.05, 4.69) is 21.3 Å². The van der Waals surface area contributed by atoms with Crippen LogP contribution in [0.3, 0.4) is 0 Å². The Hall–Kier alpha value is -6.13. The Labute approximate surface area is 502 Å². The van der Waals surface area contributed by atoms with Crippen LogP contribution in [0.1, 0.15) is 156 Å². The minimum absolute atomic E-state index is 0.0244. The van der Waals surface area contributed by atoms with Gasteiger partial charge in [0.2, 0.25) is 65.0 Å². The molecule has 5 N–H and O–H groups in total. The van der Waals surface area contributed by atoms with Crippen LogP contribution in [-0.4, -0.2) is 227 Å². The maximum absolute atomic E-state index is 15.1. The van der Waals surface area contributed by atoms with Gasteiger partial charge in [0.05, 0.1) is 12.6 Å². The lowest BCUT2D eigenvalue weighted by Gasteiger charge is -2.41. The van der Waals surface area contributed by atoms with Gasteiger partial charge in [-0.15, -0.1) is 0 Å². The van der Waals surface area contributed by atoms with Crippen LogP contribution >= 0.6 is 0 Å². The quantitative estimate of drug-likeness (QED) is 0.148. The highest BCUT2D eigenvalue weighted by atomic mass is 16.3. The number of carbonyl (C=O) groups is 11. The summed E-state index contributed by atoms with van der Waals surface area (Å²) in [6.45, 7) is 27.4. The minimum atomic E-state index is -1.61. The summed E-state index contributed by atoms with van der Waals surface area (Å²) in [7, 11) is 9.90. The number of aliphatic hydroxyl groups excluding tert-OH is 1. The average molecular weight is 1190 g/mol. The Morgan fingerprint density at radius 2 is 0.940 bits per heavy atom. The Morgan fingerprint density at radius 1 is 0.488 bits per heavy atom. The number of rotatable bonds is 15. The first kappa shape index (κ1) is 75.9. The van der Waals surface area contributed by atoms with Crippen LogP contribution in [0.4, 0.5) is 0 Å². The van der Waals surface area contributed by atoms with Crippen LogP contribution in [0, 0.1) is 35.5 Å². The number of hydrogen-bond acceptors (Lipinski definition) is 12. The molecular weight excluding hydrogens is 1080 g/mol. The summed E-state index contributed by atoms with van der Waals surface area (Å²) in [4.78, 5) is 168. The Balaban J connectivity index is 4.28. The number of allylic oxidation sites excluding steroid dienone is 2. The van der Waals surface area contributed by atoms with E-state index in [1.807, 2.05) is 48.5 Å². The average Bonchev–Trinajstić information content (AvgIpc) is 3.43. The number of hydrogen-bond donors (Lipinski definition) is 5. The van der Waals surface area contributed by atoms with Gasteiger partial charge in [0.25, 0.3) is 0 Å². The van der Waals surface area contributed by atoms with Crippen molar-refractivity contribution in [3.05, 3.63) is 12.2 Å². The van der Waals surface area contributed by atoms with Crippen molar-refractivity contribution < 1.29 is 57.8 Å². The molecule has 0 spiro atoms. The predicted molar refractivity (Wildman–Crippen MR) is 324 cm³/mol. The van der Waals surface area contributed by atoms with Crippen LogP contribution < -0.4 is 21.3 Å². The van der Waals surface area contributed by atoms with Crippen molar-refractivity contribution in [3.63, 3.8) is 0 Å². The SMILES string of the molecule is C/C=C/C[C@@H](C)[C@H](O)[C@H]1C(=O)N[C@H](CC)C(=O)N(C)CC(=O)N(C)[C@@H](CC(C)C)C(=O)N[C@H](C(C)C)C(=O)N(C)[C@@H](CC(C)C)C(=O)N[C@H](C)C(=O)N[C@H](C)C(=O)N(C)[C@H](CC(C)C)C(=O)N(C)[C@@H](CCC)C(=O)N(C)[C@H](C(C)C)C(=O)N1C. The second-order valence-corrected chi connectivity index (χ2v) is 25.3. The van der Waals surface area contributed by atoms with Crippen molar-refractivity contribution in [2.24, 2.45) is 35.5 Å². The Kier molecular flexibility index (Phi) is 31.4. The molecule has 1 saturated heterocycles. The molecular formula is C61H109N11O12. The van der Waals surface area contributed by atoms with E-state index in [0.29, 0.717) is 12.8 Å². The van der Waals surface area contributed by atoms with Crippen LogP contribution in [0.5, 0.6) is 0 Å². The summed E-state index contributed by atoms with van der Waals surface area (Å²) in [6, 6.07) is -12.3. The van der Waals surface area contributed by atoms with Gasteiger partial charge in [0, 0.05) is 49.3 Å². The number of aliphatic hydroxyl groups is 1. The summed E-state index contributed by atoms with van der Waals surface area (Å²) in [6.07, 6.45) is 3.50. The zero-order valence-electron chi connectivity index (χ0n) is 55.2. The van der Waals surface area contributed by atoms with Crippen LogP contribution in [0.25, 0.3) is 0 Å². The van der Waals surface area contributed by atoms with Gasteiger partial charge in [-0.2, -0.15) is 0 Å². The zero-order chi connectivity index (χ0) is 65.1. The van der Waals surface area contributed by atoms with Gasteiger partial charge >= 0.3 is 0 Å². The van der Waals surface area contributed by atoms with Crippen molar-refractivity contribution in [1.29, 1.82) is 0 Å². The van der Waals surface area contributed by atoms with E-state index >= 15 is 4.79 Å². The van der Waals surface area contributed by atoms with Crippen LogP contribution in [0.15, 0.2) is 12.2 Å². The summed E-state index contributed by atoms with van der Waals surface area (Å²) >= 11 is 0. The summed E-state index contributed by atoms with van der Waals surface area (Å²) in [5.41, 5.74) is 0. The van der Waals surface area contributed by atoms with Crippen molar-refractivity contribution in [2.45, 2.75) is 222 Å². The lowest BCUT2D eigenvalue weighted by molar-refractivity contribution is -0.157. The monoisotopic (exact) mass is 1190 g/mol. The molecule has 0 radical (unpaired) electrons. The molecule has 1 rings (SSSR count). The van der Waals surface area contributed by atoms with Gasteiger partial charge in [-0.1, -0.05) is 109 Å². The second kappa shape index (κ2) is 34.7. The number of amides is 11. The molecule has 23 heteroatoms. The summed E-state index contributed by atoms with van der Waals surface area (Å²) in [5, 5.41) is 23.0. The molecule has 1 aliphatic rings. The number of nitrogens with one attached hydrogen (secondary N) is 4. The summed E-state index contributed by atoms with van der Waals surface area (Å²) in [5.74, 6) is -9.51. The predicted octanol–water partition coefficient (Wildman–Crippen LogP) is 3.02. The van der Waals surface area contributed by atoms with E-state index in [4.69, 9.17) is 0 Å². The van der Waals surface area contributed by atoms with E-state index in [1.54, 1.807) is 60.6 Å². The molecule has 0 aromatic rings. The van der Waals surface area contributed by atoms with Gasteiger partial charge in [0.1, 0.15) is 60.4 Å². The molecule has 23 nitrogen and oxygen atoms in total. The Bertz CT molecular complexity index is 2290. The van der Waals surface area contributed by atoms with Crippen molar-refractivity contribution in [3.8, 4) is 0 Å². The topological polar surface area (TPSA) is 279 Å². The third-order valence-corrected chi connectivity index (χ3v) is 15.9. The summed E-state index contributed by atoms with van der Waals surface area (Å²) < 4.78 is 0. The molecule has 0 bridgehead atoms. The highest BCUT2D eigenvalue weighted by Crippen LogP contribution is 2.25. The molecule has 480 valence electrons. The first-order valence-electron chi connectivity index (χ1n) is 30.2. The van der Waals surface area contributed by atoms with Crippen LogP contribution in [0.2, 0.25) is 0 Å². The first-order chi connectivity index (χ1) is 38.9. The highest BCUT2D eigenvalue weighted by molar-refractivity contribution is 5.99. The fourth-order valence-corrected chi connectivity index (χ4v) is 10.6. The smallest absolute Gasteiger partial charge is 0.246 e. The molecule has 0 saturated carbocycles. The van der Waals surface area contributed by atoms with Gasteiger partial charge < -0.3 is 60.7 Å². The molecule has 0 aromatic carbocycles. The zero-order valence-corrected chi connectivity index (χ0v) is 55.2. The fraction of sp³-hybridized carbons (Fsp3) is 0.787. The lowest BCUT2D eigenvalue weighted by atomic mass is 9.91. The molecule has 0 unspecified atom stereocenters. The van der Waals surface area contributed by atoms with E-state index in [1.165, 1.54) is 87.7 Å². The number of likely N-dealkylation sites (N-methyl/N-ethyl adjacent to an activating group) is 7. The standard InChI is InChI=1S/C61H109N11O12/c1-24-27-29-39(14)51(74)50-55(78)64-42(26-3)57(80)66(17)33-47(73)67(18)44(30-34(4)5)54(77)65-48(37(10)11)60(83)69(20)45(31-35(6)7)53(76)62-40(15)52(75)63-41(16)56(79)70(21)46(32-36(8)9)59(82)68(19)43(28-25-2)58(81)71(22)49(38(12)13)61(84)72(50)23/h24,27,34-46,48-51,74H,25-26,28-33H2,1-23H3,(H,62,76)(H,63,75)(H,64,78)(H,65,77)/b27-24+/t39-,40-,41-,42-,43+,44+,45+,46-,48-,49-,50+,51+/m1/s1. The molecule has 12 atom stereocenters. The van der Waals surface area contributed by atoms with E-state index in [0.717, 1.165) is 9.80 Å². The van der Waals surface area contributed by atoms with Gasteiger partial charge in [0.15, 0.2) is 0 Å². The maximum Gasteiger partial charge on any atom is 0.246 e. The van der Waals surface area contributed by atoms with Gasteiger partial charge in [-0.25, -0.2) is 0 Å². The third kappa shape index (κ3) is 20.8. The maximum atomic E-state index is 15.1. The molecule has 1 aliphatic heterocycles. The second-order valence-electron chi connectivity index (χ2n) is 25.3. The van der Waals surface area contributed by atoms with E-state index in [9.17, 15) is 53.1 Å². The highest BCUT2D eigenvalue weighted by Gasteiger charge is 2.45. The molecule has 84 heavy (non-hydrogen) atoms. The van der Waals surface area contributed by atoms with Gasteiger partial charge in [-0.3, -0.25) is 52.7 Å². The normalized spacial score (nSPS) is 27.0. The lowest BCUT2D eigenvalue weighted by Crippen LogP contribution is -2.63. The molecule has 0 aliphatic carbocycles. The third-order valence-electron chi connectivity index (χ3n) is 15.9. The van der Waals surface area contributed by atoms with Crippen molar-refractivity contribution in [2.75, 3.05) is 55.9 Å². The minimum Gasteiger partial charge on any atom is -0.390 e. The van der Waals surface area contributed by atoms with Crippen molar-refractivity contribution in [1.82, 2.24) is 55.6 Å². The molecule has 1 fully saturated rings. The molecule has 0 aromatic heterocycles. The van der Waals surface area contributed by atoms with E-state index < -0.39 is 156 Å². The van der Waals surface area contributed by atoms with Gasteiger partial charge in [-0.05, 0) is 94.8 Å². The largest absolute Gasteiger partial charge is 0.390 e. The number of nitrogens with zero attached hydrogens (tertiary/aromatic N) is 7. The van der Waals surface area contributed by atoms with Crippen LogP contribution in [-0.2, 0) is 52.7 Å².